The minimum absolute atomic E-state index is 0.0882. The van der Waals surface area contributed by atoms with Gasteiger partial charge in [0.25, 0.3) is 5.91 Å². The van der Waals surface area contributed by atoms with Gasteiger partial charge in [-0.15, -0.1) is 23.1 Å². The number of hydrogen-bond donors (Lipinski definition) is 1. The van der Waals surface area contributed by atoms with E-state index in [1.54, 1.807) is 34.9 Å². The van der Waals surface area contributed by atoms with Crippen molar-refractivity contribution < 1.29 is 14.7 Å². The number of benzene rings is 1. The molecule has 1 aromatic carbocycles. The number of carbonyl (C=O) groups excluding carboxylic acids is 1. The quantitative estimate of drug-likeness (QED) is 0.779. The van der Waals surface area contributed by atoms with E-state index in [0.717, 1.165) is 15.6 Å². The summed E-state index contributed by atoms with van der Waals surface area (Å²) < 4.78 is 0. The molecule has 1 saturated heterocycles. The third-order valence-electron chi connectivity index (χ3n) is 4.66. The fraction of sp³-hybridized carbons (Fsp3) is 0.421. The minimum atomic E-state index is -0.867. The molecule has 1 unspecified atom stereocenters. The number of rotatable bonds is 5. The van der Waals surface area contributed by atoms with E-state index in [9.17, 15) is 14.7 Å². The minimum Gasteiger partial charge on any atom is -0.481 e. The Morgan fingerprint density at radius 2 is 2.15 bits per heavy atom. The second kappa shape index (κ2) is 7.80. The van der Waals surface area contributed by atoms with Gasteiger partial charge in [-0.25, -0.2) is 4.98 Å². The average molecular weight is 391 g/mol. The first-order valence-electron chi connectivity index (χ1n) is 8.54. The van der Waals surface area contributed by atoms with Gasteiger partial charge in [-0.05, 0) is 38.8 Å². The highest BCUT2D eigenvalue weighted by Crippen LogP contribution is 2.32. The Morgan fingerprint density at radius 1 is 1.38 bits per heavy atom. The van der Waals surface area contributed by atoms with Gasteiger partial charge in [0.2, 0.25) is 0 Å². The third kappa shape index (κ3) is 4.10. The van der Waals surface area contributed by atoms with E-state index in [-0.39, 0.29) is 12.5 Å². The van der Waals surface area contributed by atoms with Gasteiger partial charge in [0.15, 0.2) is 0 Å². The summed E-state index contributed by atoms with van der Waals surface area (Å²) in [5.41, 5.74) is 0.781. The van der Waals surface area contributed by atoms with Crippen molar-refractivity contribution in [2.24, 2.45) is 5.41 Å². The van der Waals surface area contributed by atoms with Crippen LogP contribution >= 0.6 is 23.1 Å². The lowest BCUT2D eigenvalue weighted by Crippen LogP contribution is -2.48. The predicted octanol–water partition coefficient (Wildman–Crippen LogP) is 4.07. The van der Waals surface area contributed by atoms with Gasteiger partial charge in [0.1, 0.15) is 0 Å². The first-order valence-corrected chi connectivity index (χ1v) is 10.4. The van der Waals surface area contributed by atoms with Gasteiger partial charge in [-0.2, -0.15) is 0 Å². The van der Waals surface area contributed by atoms with Crippen molar-refractivity contribution in [1.29, 1.82) is 0 Å². The molecule has 138 valence electrons. The number of aromatic nitrogens is 1. The number of carbonyl (C=O) groups is 2. The average Bonchev–Trinajstić information content (AvgIpc) is 3.05. The maximum Gasteiger partial charge on any atom is 0.311 e. The Hall–Kier alpha value is -1.86. The summed E-state index contributed by atoms with van der Waals surface area (Å²) in [6, 6.07) is 7.54. The lowest BCUT2D eigenvalue weighted by atomic mass is 9.82. The van der Waals surface area contributed by atoms with Crippen LogP contribution in [0, 0.1) is 12.3 Å². The van der Waals surface area contributed by atoms with Crippen LogP contribution in [0.3, 0.4) is 0 Å². The number of aliphatic carboxylic acids is 1. The maximum absolute atomic E-state index is 13.1. The van der Waals surface area contributed by atoms with Crippen molar-refractivity contribution in [2.75, 3.05) is 13.1 Å². The highest BCUT2D eigenvalue weighted by Gasteiger charge is 2.39. The van der Waals surface area contributed by atoms with Crippen molar-refractivity contribution in [2.45, 2.75) is 37.3 Å². The Balaban J connectivity index is 1.76. The second-order valence-electron chi connectivity index (χ2n) is 6.84. The zero-order chi connectivity index (χ0) is 18.7. The van der Waals surface area contributed by atoms with Crippen LogP contribution in [0.1, 0.15) is 40.8 Å². The van der Waals surface area contributed by atoms with E-state index in [1.807, 2.05) is 36.6 Å². The van der Waals surface area contributed by atoms with Crippen LogP contribution in [0.25, 0.3) is 0 Å². The van der Waals surface area contributed by atoms with Crippen LogP contribution in [0.15, 0.2) is 34.5 Å². The lowest BCUT2D eigenvalue weighted by Gasteiger charge is -2.37. The molecule has 1 aromatic heterocycles. The summed E-state index contributed by atoms with van der Waals surface area (Å²) in [6.07, 6.45) is 1.31. The number of amides is 1. The zero-order valence-electron chi connectivity index (χ0n) is 14.9. The molecule has 1 aliphatic rings. The molecular formula is C19H22N2O3S2. The highest BCUT2D eigenvalue weighted by atomic mass is 32.2. The summed E-state index contributed by atoms with van der Waals surface area (Å²) in [5, 5.41) is 12.6. The van der Waals surface area contributed by atoms with Crippen molar-refractivity contribution in [3.8, 4) is 0 Å². The lowest BCUT2D eigenvalue weighted by molar-refractivity contribution is -0.150. The molecule has 7 heteroatoms. The zero-order valence-corrected chi connectivity index (χ0v) is 16.5. The standard InChI is InChI=1S/C19H22N2O3S2/c1-13-20-14(10-25-13)11-26-16-7-4-3-6-15(16)17(22)21-9-5-8-19(2,12-21)18(23)24/h3-4,6-7,10H,5,8-9,11-12H2,1-2H3,(H,23,24). The van der Waals surface area contributed by atoms with E-state index < -0.39 is 11.4 Å². The monoisotopic (exact) mass is 390 g/mol. The number of aryl methyl sites for hydroxylation is 1. The van der Waals surface area contributed by atoms with Crippen LogP contribution in [-0.4, -0.2) is 40.0 Å². The second-order valence-corrected chi connectivity index (χ2v) is 8.92. The third-order valence-corrected chi connectivity index (χ3v) is 6.59. The molecule has 1 N–H and O–H groups in total. The Bertz CT molecular complexity index is 821. The number of nitrogens with zero attached hydrogens (tertiary/aromatic N) is 2. The molecular weight excluding hydrogens is 368 g/mol. The smallest absolute Gasteiger partial charge is 0.311 e. The van der Waals surface area contributed by atoms with Crippen molar-refractivity contribution in [3.63, 3.8) is 0 Å². The van der Waals surface area contributed by atoms with E-state index in [1.165, 1.54) is 0 Å². The first-order chi connectivity index (χ1) is 12.4. The molecule has 0 saturated carbocycles. The molecule has 1 atom stereocenters. The number of piperidine rings is 1. The SMILES string of the molecule is Cc1nc(CSc2ccccc2C(=O)N2CCCC(C)(C(=O)O)C2)cs1. The normalized spacial score (nSPS) is 20.2. The Morgan fingerprint density at radius 3 is 2.85 bits per heavy atom. The molecule has 0 radical (unpaired) electrons. The van der Waals surface area contributed by atoms with Crippen LogP contribution in [0.4, 0.5) is 0 Å². The number of thioether (sulfide) groups is 1. The largest absolute Gasteiger partial charge is 0.481 e. The molecule has 2 aromatic rings. The van der Waals surface area contributed by atoms with E-state index in [2.05, 4.69) is 4.98 Å². The molecule has 0 aliphatic carbocycles. The van der Waals surface area contributed by atoms with E-state index in [4.69, 9.17) is 0 Å². The number of likely N-dealkylation sites (tertiary alicyclic amines) is 1. The molecule has 3 rings (SSSR count). The summed E-state index contributed by atoms with van der Waals surface area (Å²) in [5.74, 6) is -0.215. The molecule has 0 spiro atoms. The van der Waals surface area contributed by atoms with Crippen LogP contribution in [0.2, 0.25) is 0 Å². The van der Waals surface area contributed by atoms with Crippen molar-refractivity contribution >= 4 is 35.0 Å². The van der Waals surface area contributed by atoms with Gasteiger partial charge in [0.05, 0.1) is 21.7 Å². The van der Waals surface area contributed by atoms with E-state index >= 15 is 0 Å². The summed E-state index contributed by atoms with van der Waals surface area (Å²) >= 11 is 3.21. The molecule has 0 bridgehead atoms. The summed E-state index contributed by atoms with van der Waals surface area (Å²) in [6.45, 7) is 4.56. The van der Waals surface area contributed by atoms with Crippen LogP contribution in [-0.2, 0) is 10.5 Å². The molecule has 2 heterocycles. The molecule has 1 fully saturated rings. The van der Waals surface area contributed by atoms with Gasteiger partial charge in [0, 0.05) is 29.1 Å². The van der Waals surface area contributed by atoms with E-state index in [0.29, 0.717) is 30.7 Å². The topological polar surface area (TPSA) is 70.5 Å². The predicted molar refractivity (Wildman–Crippen MR) is 104 cm³/mol. The van der Waals surface area contributed by atoms with Crippen LogP contribution < -0.4 is 0 Å². The summed E-state index contributed by atoms with van der Waals surface area (Å²) in [7, 11) is 0. The maximum atomic E-state index is 13.1. The highest BCUT2D eigenvalue weighted by molar-refractivity contribution is 7.98. The van der Waals surface area contributed by atoms with Gasteiger partial charge in [-0.1, -0.05) is 12.1 Å². The number of carboxylic acid groups (broad SMARTS) is 1. The van der Waals surface area contributed by atoms with Gasteiger partial charge in [-0.3, -0.25) is 9.59 Å². The Kier molecular flexibility index (Phi) is 5.67. The first kappa shape index (κ1) is 18.9. The fourth-order valence-electron chi connectivity index (χ4n) is 3.15. The molecule has 26 heavy (non-hydrogen) atoms. The number of carboxylic acids is 1. The molecule has 5 nitrogen and oxygen atoms in total. The van der Waals surface area contributed by atoms with Crippen LogP contribution in [0.5, 0.6) is 0 Å². The van der Waals surface area contributed by atoms with Gasteiger partial charge < -0.3 is 10.0 Å². The van der Waals surface area contributed by atoms with Crippen molar-refractivity contribution in [1.82, 2.24) is 9.88 Å². The number of hydrogen-bond acceptors (Lipinski definition) is 5. The number of thiazole rings is 1. The van der Waals surface area contributed by atoms with Crippen molar-refractivity contribution in [3.05, 3.63) is 45.9 Å². The molecule has 1 amide bonds. The van der Waals surface area contributed by atoms with Gasteiger partial charge >= 0.3 is 5.97 Å². The summed E-state index contributed by atoms with van der Waals surface area (Å²) in [4.78, 5) is 31.7. The Labute approximate surface area is 161 Å². The molecule has 1 aliphatic heterocycles. The fourth-order valence-corrected chi connectivity index (χ4v) is 4.81.